The number of nitrogens with two attached hydrogens (primary N) is 1. The topological polar surface area (TPSA) is 38.5 Å². The molecule has 0 radical (unpaired) electrons. The molecule has 0 atom stereocenters. The van der Waals surface area contributed by atoms with Crippen LogP contribution >= 0.6 is 0 Å². The van der Waals surface area contributed by atoms with E-state index < -0.39 is 0 Å². The molecule has 0 aromatic heterocycles. The van der Waals surface area contributed by atoms with Crippen molar-refractivity contribution in [3.63, 3.8) is 0 Å². The molecule has 20 heavy (non-hydrogen) atoms. The maximum absolute atomic E-state index is 13.8. The number of ether oxygens (including phenoxy) is 1. The van der Waals surface area contributed by atoms with E-state index >= 15 is 0 Å². The normalized spacial score (nSPS) is 16.1. The van der Waals surface area contributed by atoms with Crippen molar-refractivity contribution in [2.24, 2.45) is 0 Å². The Labute approximate surface area is 120 Å². The van der Waals surface area contributed by atoms with Crippen molar-refractivity contribution in [1.29, 1.82) is 0 Å². The van der Waals surface area contributed by atoms with E-state index in [1.54, 1.807) is 6.07 Å². The van der Waals surface area contributed by atoms with Crippen LogP contribution in [0.2, 0.25) is 0 Å². The summed E-state index contributed by atoms with van der Waals surface area (Å²) in [5, 5.41) is 0. The third-order valence-electron chi connectivity index (χ3n) is 4.05. The summed E-state index contributed by atoms with van der Waals surface area (Å²) in [6.45, 7) is 2.53. The van der Waals surface area contributed by atoms with Gasteiger partial charge in [-0.15, -0.1) is 0 Å². The Kier molecular flexibility index (Phi) is 5.10. The minimum Gasteiger partial charge on any atom is -0.490 e. The number of hydrogen-bond acceptors (Lipinski definition) is 3. The van der Waals surface area contributed by atoms with E-state index in [4.69, 9.17) is 10.5 Å². The van der Waals surface area contributed by atoms with Gasteiger partial charge in [-0.2, -0.15) is 0 Å². The van der Waals surface area contributed by atoms with Gasteiger partial charge in [-0.3, -0.25) is 0 Å². The SMILES string of the molecule is CCCOc1cc(N(C)C2CCCCC2)c(N)cc1F. The van der Waals surface area contributed by atoms with Crippen LogP contribution in [0.15, 0.2) is 12.1 Å². The van der Waals surface area contributed by atoms with Gasteiger partial charge in [0, 0.05) is 25.2 Å². The van der Waals surface area contributed by atoms with Crippen molar-refractivity contribution in [1.82, 2.24) is 0 Å². The van der Waals surface area contributed by atoms with E-state index in [1.165, 1.54) is 38.2 Å². The highest BCUT2D eigenvalue weighted by molar-refractivity contribution is 5.70. The van der Waals surface area contributed by atoms with E-state index in [1.807, 2.05) is 14.0 Å². The van der Waals surface area contributed by atoms with Gasteiger partial charge >= 0.3 is 0 Å². The van der Waals surface area contributed by atoms with E-state index in [0.717, 1.165) is 12.1 Å². The summed E-state index contributed by atoms with van der Waals surface area (Å²) >= 11 is 0. The molecular weight excluding hydrogens is 255 g/mol. The first-order valence-corrected chi connectivity index (χ1v) is 7.58. The molecule has 2 rings (SSSR count). The second kappa shape index (κ2) is 6.82. The molecule has 4 heteroatoms. The van der Waals surface area contributed by atoms with Gasteiger partial charge in [0.25, 0.3) is 0 Å². The van der Waals surface area contributed by atoms with Crippen molar-refractivity contribution in [2.45, 2.75) is 51.5 Å². The average molecular weight is 280 g/mol. The monoisotopic (exact) mass is 280 g/mol. The summed E-state index contributed by atoms with van der Waals surface area (Å²) in [5.74, 6) is -0.0737. The minimum atomic E-state index is -0.378. The summed E-state index contributed by atoms with van der Waals surface area (Å²) < 4.78 is 19.3. The number of benzene rings is 1. The molecular formula is C16H25FN2O. The lowest BCUT2D eigenvalue weighted by Gasteiger charge is -2.33. The van der Waals surface area contributed by atoms with Crippen LogP contribution in [-0.2, 0) is 0 Å². The molecule has 1 aromatic rings. The van der Waals surface area contributed by atoms with Crippen LogP contribution in [0.25, 0.3) is 0 Å². The lowest BCUT2D eigenvalue weighted by molar-refractivity contribution is 0.301. The van der Waals surface area contributed by atoms with Crippen LogP contribution in [-0.4, -0.2) is 19.7 Å². The lowest BCUT2D eigenvalue weighted by atomic mass is 9.94. The molecule has 1 aromatic carbocycles. The molecule has 0 unspecified atom stereocenters. The van der Waals surface area contributed by atoms with E-state index in [0.29, 0.717) is 24.1 Å². The van der Waals surface area contributed by atoms with Gasteiger partial charge < -0.3 is 15.4 Å². The summed E-state index contributed by atoms with van der Waals surface area (Å²) in [7, 11) is 2.04. The van der Waals surface area contributed by atoms with Crippen molar-refractivity contribution in [3.05, 3.63) is 17.9 Å². The molecule has 0 spiro atoms. The molecule has 0 saturated heterocycles. The number of nitrogens with zero attached hydrogens (tertiary/aromatic N) is 1. The molecule has 112 valence electrons. The van der Waals surface area contributed by atoms with Gasteiger partial charge in [-0.25, -0.2) is 4.39 Å². The smallest absolute Gasteiger partial charge is 0.167 e. The van der Waals surface area contributed by atoms with Gasteiger partial charge in [-0.1, -0.05) is 26.2 Å². The number of rotatable bonds is 5. The average Bonchev–Trinajstić information content (AvgIpc) is 2.47. The van der Waals surface area contributed by atoms with Crippen LogP contribution in [0.5, 0.6) is 5.75 Å². The highest BCUT2D eigenvalue weighted by Crippen LogP contribution is 2.34. The number of halogens is 1. The summed E-state index contributed by atoms with van der Waals surface area (Å²) in [5.41, 5.74) is 7.35. The predicted molar refractivity (Wildman–Crippen MR) is 81.9 cm³/mol. The molecule has 0 bridgehead atoms. The molecule has 1 aliphatic carbocycles. The fraction of sp³-hybridized carbons (Fsp3) is 0.625. The molecule has 2 N–H and O–H groups in total. The summed E-state index contributed by atoms with van der Waals surface area (Å²) in [4.78, 5) is 2.19. The quantitative estimate of drug-likeness (QED) is 0.830. The zero-order valence-electron chi connectivity index (χ0n) is 12.5. The molecule has 1 aliphatic rings. The first-order valence-electron chi connectivity index (χ1n) is 7.58. The van der Waals surface area contributed by atoms with Gasteiger partial charge in [0.05, 0.1) is 18.0 Å². The molecule has 1 fully saturated rings. The zero-order chi connectivity index (χ0) is 14.5. The molecule has 0 heterocycles. The maximum atomic E-state index is 13.8. The summed E-state index contributed by atoms with van der Waals surface area (Å²) in [6, 6.07) is 3.62. The highest BCUT2D eigenvalue weighted by Gasteiger charge is 2.21. The number of nitrogen functional groups attached to an aromatic ring is 1. The van der Waals surface area contributed by atoms with E-state index in [2.05, 4.69) is 4.90 Å². The van der Waals surface area contributed by atoms with Gasteiger partial charge in [0.1, 0.15) is 0 Å². The lowest BCUT2D eigenvalue weighted by Crippen LogP contribution is -2.33. The van der Waals surface area contributed by atoms with Gasteiger partial charge in [-0.05, 0) is 19.3 Å². The first-order chi connectivity index (χ1) is 9.63. The Morgan fingerprint density at radius 3 is 2.65 bits per heavy atom. The standard InChI is InChI=1S/C16H25FN2O/c1-3-9-20-16-11-15(14(18)10-13(16)17)19(2)12-7-5-4-6-8-12/h10-12H,3-9,18H2,1-2H3. The minimum absolute atomic E-state index is 0.304. The van der Waals surface area contributed by atoms with E-state index in [9.17, 15) is 4.39 Å². The maximum Gasteiger partial charge on any atom is 0.167 e. The number of hydrogen-bond donors (Lipinski definition) is 1. The Morgan fingerprint density at radius 1 is 1.30 bits per heavy atom. The van der Waals surface area contributed by atoms with Gasteiger partial charge in [0.15, 0.2) is 11.6 Å². The third kappa shape index (κ3) is 3.35. The first kappa shape index (κ1) is 14.9. The van der Waals surface area contributed by atoms with Crippen molar-refractivity contribution >= 4 is 11.4 Å². The second-order valence-electron chi connectivity index (χ2n) is 5.59. The highest BCUT2D eigenvalue weighted by atomic mass is 19.1. The fourth-order valence-electron chi connectivity index (χ4n) is 2.85. The Morgan fingerprint density at radius 2 is 2.00 bits per heavy atom. The number of anilines is 2. The zero-order valence-corrected chi connectivity index (χ0v) is 12.5. The predicted octanol–water partition coefficient (Wildman–Crippen LogP) is 3.97. The summed E-state index contributed by atoms with van der Waals surface area (Å²) in [6.07, 6.45) is 7.05. The van der Waals surface area contributed by atoms with Crippen molar-refractivity contribution < 1.29 is 9.13 Å². The Hall–Kier alpha value is -1.45. The van der Waals surface area contributed by atoms with Crippen LogP contribution < -0.4 is 15.4 Å². The Bertz CT molecular complexity index is 444. The van der Waals surface area contributed by atoms with Crippen LogP contribution in [0.1, 0.15) is 45.4 Å². The van der Waals surface area contributed by atoms with Crippen molar-refractivity contribution in [2.75, 3.05) is 24.3 Å². The Balaban J connectivity index is 2.20. The van der Waals surface area contributed by atoms with Crippen molar-refractivity contribution in [3.8, 4) is 5.75 Å². The molecule has 0 aliphatic heterocycles. The van der Waals surface area contributed by atoms with E-state index in [-0.39, 0.29) is 5.82 Å². The van der Waals surface area contributed by atoms with Crippen LogP contribution in [0.3, 0.4) is 0 Å². The van der Waals surface area contributed by atoms with Crippen LogP contribution in [0, 0.1) is 5.82 Å². The largest absolute Gasteiger partial charge is 0.490 e. The fourth-order valence-corrected chi connectivity index (χ4v) is 2.85. The molecule has 3 nitrogen and oxygen atoms in total. The second-order valence-corrected chi connectivity index (χ2v) is 5.59. The van der Waals surface area contributed by atoms with Gasteiger partial charge in [0.2, 0.25) is 0 Å². The third-order valence-corrected chi connectivity index (χ3v) is 4.05. The molecule has 0 amide bonds. The van der Waals surface area contributed by atoms with Crippen LogP contribution in [0.4, 0.5) is 15.8 Å². The molecule has 1 saturated carbocycles.